The van der Waals surface area contributed by atoms with Crippen molar-refractivity contribution in [1.82, 2.24) is 9.88 Å². The maximum atomic E-state index is 14.0. The van der Waals surface area contributed by atoms with Crippen molar-refractivity contribution in [3.05, 3.63) is 51.8 Å². The Balaban J connectivity index is 2.01. The molecule has 2 aromatic heterocycles. The molecule has 0 unspecified atom stereocenters. The van der Waals surface area contributed by atoms with E-state index >= 15 is 0 Å². The maximum Gasteiger partial charge on any atom is 0.433 e. The number of carbonyl (C=O) groups excluding carboxylic acids is 1. The molecule has 27 heavy (non-hydrogen) atoms. The summed E-state index contributed by atoms with van der Waals surface area (Å²) >= 11 is 0.941. The van der Waals surface area contributed by atoms with Crippen LogP contribution in [0.1, 0.15) is 10.6 Å². The topological polar surface area (TPSA) is 92.7 Å². The normalized spacial score (nSPS) is 11.3. The minimum Gasteiger partial charge on any atom is -0.395 e. The van der Waals surface area contributed by atoms with Crippen molar-refractivity contribution in [1.29, 1.82) is 0 Å². The van der Waals surface area contributed by atoms with Crippen molar-refractivity contribution >= 4 is 38.5 Å². The second kappa shape index (κ2) is 7.37. The summed E-state index contributed by atoms with van der Waals surface area (Å²) in [6.45, 7) is 0.617. The van der Waals surface area contributed by atoms with Gasteiger partial charge in [0.2, 0.25) is 0 Å². The summed E-state index contributed by atoms with van der Waals surface area (Å²) in [6.07, 6.45) is 0. The molecule has 0 saturated carbocycles. The number of benzene rings is 1. The predicted molar refractivity (Wildman–Crippen MR) is 95.1 cm³/mol. The van der Waals surface area contributed by atoms with Crippen LogP contribution in [0.4, 0.5) is 19.8 Å². The first-order valence-electron chi connectivity index (χ1n) is 7.72. The average Bonchev–Trinajstić information content (AvgIpc) is 3.21. The van der Waals surface area contributed by atoms with Gasteiger partial charge in [0, 0.05) is 19.2 Å². The number of hydrogen-bond donors (Lipinski definition) is 0. The van der Waals surface area contributed by atoms with Gasteiger partial charge in [0.1, 0.15) is 16.3 Å². The van der Waals surface area contributed by atoms with Gasteiger partial charge in [0.25, 0.3) is 5.91 Å². The molecule has 11 heteroatoms. The Kier molecular flexibility index (Phi) is 5.15. The number of hydrogen-bond acceptors (Lipinski definition) is 7. The van der Waals surface area contributed by atoms with Crippen molar-refractivity contribution in [2.45, 2.75) is 0 Å². The van der Waals surface area contributed by atoms with Gasteiger partial charge in [0.15, 0.2) is 16.7 Å². The SMILES string of the molecule is CN(C)CCN(C(=O)c1ccc([N+](=O)[O-])o1)c1nc2c(F)cc(F)cc2s1. The molecular weight excluding hydrogens is 382 g/mol. The van der Waals surface area contributed by atoms with Crippen LogP contribution in [0, 0.1) is 21.7 Å². The fourth-order valence-electron chi connectivity index (χ4n) is 2.32. The van der Waals surface area contributed by atoms with Crippen molar-refractivity contribution in [2.24, 2.45) is 0 Å². The molecule has 0 fully saturated rings. The molecule has 0 aliphatic heterocycles. The molecule has 0 saturated heterocycles. The molecular formula is C16H14F2N4O4S. The van der Waals surface area contributed by atoms with E-state index in [-0.39, 0.29) is 27.7 Å². The van der Waals surface area contributed by atoms with E-state index in [9.17, 15) is 23.7 Å². The molecule has 0 bridgehead atoms. The molecule has 0 atom stereocenters. The number of likely N-dealkylation sites (N-methyl/N-ethyl adjacent to an activating group) is 1. The zero-order valence-electron chi connectivity index (χ0n) is 14.3. The summed E-state index contributed by atoms with van der Waals surface area (Å²) in [5.74, 6) is -3.05. The number of nitrogens with zero attached hydrogens (tertiary/aromatic N) is 4. The van der Waals surface area contributed by atoms with Crippen LogP contribution >= 0.6 is 11.3 Å². The number of carbonyl (C=O) groups is 1. The molecule has 0 aliphatic carbocycles. The van der Waals surface area contributed by atoms with Crippen LogP contribution in [-0.2, 0) is 0 Å². The molecule has 0 aliphatic rings. The van der Waals surface area contributed by atoms with Gasteiger partial charge in [-0.3, -0.25) is 19.8 Å². The van der Waals surface area contributed by atoms with Crippen molar-refractivity contribution in [2.75, 3.05) is 32.1 Å². The van der Waals surface area contributed by atoms with Gasteiger partial charge < -0.3 is 9.32 Å². The van der Waals surface area contributed by atoms with E-state index in [0.29, 0.717) is 12.6 Å². The van der Waals surface area contributed by atoms with Gasteiger partial charge in [-0.25, -0.2) is 13.8 Å². The summed E-state index contributed by atoms with van der Waals surface area (Å²) in [6, 6.07) is 4.11. The lowest BCUT2D eigenvalue weighted by Crippen LogP contribution is -2.36. The van der Waals surface area contributed by atoms with Crippen LogP contribution in [0.5, 0.6) is 0 Å². The van der Waals surface area contributed by atoms with Crippen LogP contribution in [0.25, 0.3) is 10.2 Å². The Bertz CT molecular complexity index is 1020. The molecule has 0 radical (unpaired) electrons. The largest absolute Gasteiger partial charge is 0.433 e. The monoisotopic (exact) mass is 396 g/mol. The highest BCUT2D eigenvalue weighted by atomic mass is 32.1. The lowest BCUT2D eigenvalue weighted by Gasteiger charge is -2.20. The number of aromatic nitrogens is 1. The highest BCUT2D eigenvalue weighted by molar-refractivity contribution is 7.22. The number of furan rings is 1. The van der Waals surface area contributed by atoms with Crippen LogP contribution in [0.3, 0.4) is 0 Å². The quantitative estimate of drug-likeness (QED) is 0.469. The molecule has 1 aromatic carbocycles. The van der Waals surface area contributed by atoms with E-state index in [2.05, 4.69) is 4.98 Å². The van der Waals surface area contributed by atoms with E-state index < -0.39 is 28.3 Å². The zero-order valence-corrected chi connectivity index (χ0v) is 15.1. The highest BCUT2D eigenvalue weighted by Crippen LogP contribution is 2.32. The van der Waals surface area contributed by atoms with Gasteiger partial charge in [-0.1, -0.05) is 11.3 Å². The summed E-state index contributed by atoms with van der Waals surface area (Å²) in [4.78, 5) is 30.0. The van der Waals surface area contributed by atoms with Crippen LogP contribution in [0.15, 0.2) is 28.7 Å². The Morgan fingerprint density at radius 3 is 2.67 bits per heavy atom. The number of halogens is 2. The van der Waals surface area contributed by atoms with Crippen LogP contribution < -0.4 is 4.90 Å². The number of rotatable bonds is 6. The first-order chi connectivity index (χ1) is 12.8. The maximum absolute atomic E-state index is 14.0. The van der Waals surface area contributed by atoms with E-state index in [1.54, 1.807) is 14.1 Å². The van der Waals surface area contributed by atoms with Gasteiger partial charge in [-0.05, 0) is 26.2 Å². The van der Waals surface area contributed by atoms with Gasteiger partial charge in [-0.2, -0.15) is 0 Å². The number of anilines is 1. The first-order valence-corrected chi connectivity index (χ1v) is 8.54. The van der Waals surface area contributed by atoms with Crippen LogP contribution in [0.2, 0.25) is 0 Å². The Morgan fingerprint density at radius 1 is 1.30 bits per heavy atom. The number of fused-ring (bicyclic) bond motifs is 1. The average molecular weight is 396 g/mol. The Labute approximate surface area is 155 Å². The molecule has 2 heterocycles. The molecule has 3 aromatic rings. The number of amides is 1. The first kappa shape index (κ1) is 18.9. The molecule has 3 rings (SSSR count). The Morgan fingerprint density at radius 2 is 2.04 bits per heavy atom. The van der Waals surface area contributed by atoms with Crippen LogP contribution in [-0.4, -0.2) is 47.9 Å². The van der Waals surface area contributed by atoms with Gasteiger partial charge in [-0.15, -0.1) is 0 Å². The number of nitro groups is 1. The third-order valence-corrected chi connectivity index (χ3v) is 4.66. The Hall–Kier alpha value is -2.92. The molecule has 1 amide bonds. The standard InChI is InChI=1S/C16H14F2N4O4S/c1-20(2)5-6-21(15(23)11-3-4-13(26-11)22(24)25)16-19-14-10(18)7-9(17)8-12(14)27-16/h3-4,7-8H,5-6H2,1-2H3. The minimum absolute atomic E-state index is 0.0514. The second-order valence-electron chi connectivity index (χ2n) is 5.89. The number of thiazole rings is 1. The summed E-state index contributed by atoms with van der Waals surface area (Å²) < 4.78 is 32.6. The van der Waals surface area contributed by atoms with E-state index in [1.165, 1.54) is 11.0 Å². The lowest BCUT2D eigenvalue weighted by atomic mass is 10.3. The zero-order chi connectivity index (χ0) is 19.7. The molecule has 0 spiro atoms. The molecule has 142 valence electrons. The van der Waals surface area contributed by atoms with Gasteiger partial charge in [0.05, 0.1) is 10.8 Å². The fourth-order valence-corrected chi connectivity index (χ4v) is 3.35. The van der Waals surface area contributed by atoms with E-state index in [1.807, 2.05) is 4.90 Å². The van der Waals surface area contributed by atoms with Crippen molar-refractivity contribution in [3.63, 3.8) is 0 Å². The minimum atomic E-state index is -0.832. The van der Waals surface area contributed by atoms with E-state index in [0.717, 1.165) is 23.5 Å². The second-order valence-corrected chi connectivity index (χ2v) is 6.89. The van der Waals surface area contributed by atoms with Crippen molar-refractivity contribution < 1.29 is 22.9 Å². The van der Waals surface area contributed by atoms with E-state index in [4.69, 9.17) is 4.42 Å². The summed E-state index contributed by atoms with van der Waals surface area (Å²) in [5.41, 5.74) is -0.0514. The van der Waals surface area contributed by atoms with Crippen molar-refractivity contribution in [3.8, 4) is 0 Å². The molecule has 0 N–H and O–H groups in total. The van der Waals surface area contributed by atoms with Gasteiger partial charge >= 0.3 is 5.88 Å². The highest BCUT2D eigenvalue weighted by Gasteiger charge is 2.26. The summed E-state index contributed by atoms with van der Waals surface area (Å²) in [5, 5.41) is 10.9. The summed E-state index contributed by atoms with van der Waals surface area (Å²) in [7, 11) is 3.60. The third kappa shape index (κ3) is 3.93. The fraction of sp³-hybridized carbons (Fsp3) is 0.250. The molecule has 8 nitrogen and oxygen atoms in total. The third-order valence-electron chi connectivity index (χ3n) is 3.63. The smallest absolute Gasteiger partial charge is 0.395 e. The predicted octanol–water partition coefficient (Wildman–Crippen LogP) is 3.28. The lowest BCUT2D eigenvalue weighted by molar-refractivity contribution is -0.402.